The summed E-state index contributed by atoms with van der Waals surface area (Å²) in [5.41, 5.74) is 15.2. The number of hydrogen-bond donors (Lipinski definition) is 3. The molecule has 2 heterocycles. The van der Waals surface area contributed by atoms with Gasteiger partial charge in [-0.2, -0.15) is 0 Å². The summed E-state index contributed by atoms with van der Waals surface area (Å²) in [7, 11) is 0. The quantitative estimate of drug-likeness (QED) is 0.634. The highest BCUT2D eigenvalue weighted by molar-refractivity contribution is 7.99. The molecule has 0 atom stereocenters. The van der Waals surface area contributed by atoms with Gasteiger partial charge in [0.1, 0.15) is 10.8 Å². The highest BCUT2D eigenvalue weighted by atomic mass is 35.5. The van der Waals surface area contributed by atoms with Crippen LogP contribution in [-0.2, 0) is 13.2 Å². The van der Waals surface area contributed by atoms with E-state index in [9.17, 15) is 5.11 Å². The Balaban J connectivity index is 2.03. The number of pyridine rings is 2. The van der Waals surface area contributed by atoms with E-state index in [1.54, 1.807) is 24.5 Å². The van der Waals surface area contributed by atoms with Crippen molar-refractivity contribution in [2.24, 2.45) is 5.73 Å². The van der Waals surface area contributed by atoms with Crippen LogP contribution in [0.3, 0.4) is 0 Å². The van der Waals surface area contributed by atoms with Gasteiger partial charge in [0.15, 0.2) is 0 Å². The third-order valence-corrected chi connectivity index (χ3v) is 5.33. The standard InChI is InChI=1S/C18H17ClN4OS/c19-15-7-13(11-3-5-22-16(21)8-11)6-14(9-20)17(15)25-18-12(10-24)2-1-4-23-18/h1-8,24H,9-10,20H2,(H2,21,22). The van der Waals surface area contributed by atoms with Gasteiger partial charge >= 0.3 is 0 Å². The zero-order chi connectivity index (χ0) is 17.8. The lowest BCUT2D eigenvalue weighted by Gasteiger charge is -2.14. The largest absolute Gasteiger partial charge is 0.392 e. The molecule has 3 aromatic rings. The minimum Gasteiger partial charge on any atom is -0.392 e. The zero-order valence-electron chi connectivity index (χ0n) is 13.3. The first-order chi connectivity index (χ1) is 12.1. The average molecular weight is 373 g/mol. The summed E-state index contributed by atoms with van der Waals surface area (Å²) in [4.78, 5) is 9.18. The van der Waals surface area contributed by atoms with E-state index in [2.05, 4.69) is 9.97 Å². The summed E-state index contributed by atoms with van der Waals surface area (Å²) < 4.78 is 0. The van der Waals surface area contributed by atoms with Crippen molar-refractivity contribution in [3.05, 3.63) is 64.9 Å². The van der Waals surface area contributed by atoms with Crippen molar-refractivity contribution in [2.45, 2.75) is 23.1 Å². The Morgan fingerprint density at radius 1 is 1.04 bits per heavy atom. The smallest absolute Gasteiger partial charge is 0.123 e. The number of aliphatic hydroxyl groups is 1. The number of aromatic nitrogens is 2. The van der Waals surface area contributed by atoms with E-state index in [0.29, 0.717) is 22.4 Å². The van der Waals surface area contributed by atoms with Gasteiger partial charge in [-0.05, 0) is 47.0 Å². The normalized spacial score (nSPS) is 10.8. The third-order valence-electron chi connectivity index (χ3n) is 3.67. The van der Waals surface area contributed by atoms with E-state index < -0.39 is 0 Å². The Hall–Kier alpha value is -2.12. The topological polar surface area (TPSA) is 98.0 Å². The molecule has 0 radical (unpaired) electrons. The highest BCUT2D eigenvalue weighted by Gasteiger charge is 2.14. The van der Waals surface area contributed by atoms with Crippen LogP contribution < -0.4 is 11.5 Å². The highest BCUT2D eigenvalue weighted by Crippen LogP contribution is 2.39. The van der Waals surface area contributed by atoms with Crippen molar-refractivity contribution in [2.75, 3.05) is 5.73 Å². The van der Waals surface area contributed by atoms with Crippen LogP contribution >= 0.6 is 23.4 Å². The van der Waals surface area contributed by atoms with Gasteiger partial charge in [-0.3, -0.25) is 0 Å². The number of benzene rings is 1. The predicted octanol–water partition coefficient (Wildman–Crippen LogP) is 3.48. The Kier molecular flexibility index (Phi) is 5.55. The molecule has 0 aliphatic carbocycles. The number of nitrogens with two attached hydrogens (primary N) is 2. The van der Waals surface area contributed by atoms with Crippen LogP contribution in [0.15, 0.2) is 58.7 Å². The Morgan fingerprint density at radius 3 is 2.60 bits per heavy atom. The molecule has 3 rings (SSSR count). The van der Waals surface area contributed by atoms with Crippen LogP contribution in [0, 0.1) is 0 Å². The van der Waals surface area contributed by atoms with E-state index in [1.165, 1.54) is 11.8 Å². The van der Waals surface area contributed by atoms with E-state index in [4.69, 9.17) is 23.1 Å². The molecule has 0 unspecified atom stereocenters. The molecular weight excluding hydrogens is 356 g/mol. The molecule has 0 saturated heterocycles. The lowest BCUT2D eigenvalue weighted by molar-refractivity contribution is 0.278. The summed E-state index contributed by atoms with van der Waals surface area (Å²) in [6.45, 7) is 0.248. The van der Waals surface area contributed by atoms with E-state index in [1.807, 2.05) is 24.3 Å². The molecule has 0 amide bonds. The van der Waals surface area contributed by atoms with Gasteiger partial charge in [0, 0.05) is 29.4 Å². The number of nitrogens with zero attached hydrogens (tertiary/aromatic N) is 2. The molecular formula is C18H17ClN4OS. The number of nitrogen functional groups attached to an aromatic ring is 1. The first-order valence-corrected chi connectivity index (χ1v) is 8.78. The molecule has 0 saturated carbocycles. The molecule has 1 aromatic carbocycles. The second kappa shape index (κ2) is 7.84. The Morgan fingerprint density at radius 2 is 1.88 bits per heavy atom. The van der Waals surface area contributed by atoms with Gasteiger partial charge in [-0.1, -0.05) is 29.4 Å². The molecule has 0 bridgehead atoms. The summed E-state index contributed by atoms with van der Waals surface area (Å²) in [6.07, 6.45) is 3.34. The number of halogens is 1. The van der Waals surface area contributed by atoms with Crippen molar-refractivity contribution >= 4 is 29.2 Å². The molecule has 0 fully saturated rings. The van der Waals surface area contributed by atoms with Crippen molar-refractivity contribution < 1.29 is 5.11 Å². The average Bonchev–Trinajstić information content (AvgIpc) is 2.63. The van der Waals surface area contributed by atoms with Crippen molar-refractivity contribution in [1.29, 1.82) is 0 Å². The van der Waals surface area contributed by atoms with Crippen LogP contribution in [0.5, 0.6) is 0 Å². The fourth-order valence-corrected chi connectivity index (χ4v) is 3.80. The molecule has 0 aliphatic heterocycles. The molecule has 7 heteroatoms. The minimum atomic E-state index is -0.0832. The summed E-state index contributed by atoms with van der Waals surface area (Å²) in [6, 6.07) is 11.2. The van der Waals surface area contributed by atoms with Crippen LogP contribution in [-0.4, -0.2) is 15.1 Å². The molecule has 0 spiro atoms. The van der Waals surface area contributed by atoms with Crippen molar-refractivity contribution in [3.63, 3.8) is 0 Å². The zero-order valence-corrected chi connectivity index (χ0v) is 14.9. The van der Waals surface area contributed by atoms with Crippen LogP contribution in [0.4, 0.5) is 5.82 Å². The van der Waals surface area contributed by atoms with Crippen LogP contribution in [0.1, 0.15) is 11.1 Å². The van der Waals surface area contributed by atoms with E-state index in [0.717, 1.165) is 27.1 Å². The lowest BCUT2D eigenvalue weighted by atomic mass is 10.0. The van der Waals surface area contributed by atoms with Gasteiger partial charge in [0.25, 0.3) is 0 Å². The van der Waals surface area contributed by atoms with Crippen molar-refractivity contribution in [1.82, 2.24) is 9.97 Å². The SMILES string of the molecule is NCc1cc(-c2ccnc(N)c2)cc(Cl)c1Sc1ncccc1CO. The maximum atomic E-state index is 9.48. The molecule has 2 aromatic heterocycles. The van der Waals surface area contributed by atoms with Gasteiger partial charge in [0.05, 0.1) is 11.6 Å². The van der Waals surface area contributed by atoms with Crippen molar-refractivity contribution in [3.8, 4) is 11.1 Å². The Bertz CT molecular complexity index is 904. The summed E-state index contributed by atoms with van der Waals surface area (Å²) in [5, 5.41) is 10.8. The summed E-state index contributed by atoms with van der Waals surface area (Å²) >= 11 is 7.94. The fourth-order valence-electron chi connectivity index (χ4n) is 2.44. The van der Waals surface area contributed by atoms with E-state index in [-0.39, 0.29) is 6.61 Å². The van der Waals surface area contributed by atoms with Gasteiger partial charge < -0.3 is 16.6 Å². The first-order valence-electron chi connectivity index (χ1n) is 7.59. The fraction of sp³-hybridized carbons (Fsp3) is 0.111. The number of rotatable bonds is 5. The second-order valence-electron chi connectivity index (χ2n) is 5.35. The molecule has 25 heavy (non-hydrogen) atoms. The number of hydrogen-bond acceptors (Lipinski definition) is 6. The maximum Gasteiger partial charge on any atom is 0.123 e. The van der Waals surface area contributed by atoms with Crippen LogP contribution in [0.25, 0.3) is 11.1 Å². The monoisotopic (exact) mass is 372 g/mol. The third kappa shape index (κ3) is 3.93. The Labute approximate surface area is 155 Å². The second-order valence-corrected chi connectivity index (χ2v) is 6.75. The van der Waals surface area contributed by atoms with Crippen LogP contribution in [0.2, 0.25) is 5.02 Å². The molecule has 5 N–H and O–H groups in total. The van der Waals surface area contributed by atoms with Gasteiger partial charge in [0.2, 0.25) is 0 Å². The van der Waals surface area contributed by atoms with Gasteiger partial charge in [-0.25, -0.2) is 9.97 Å². The number of aliphatic hydroxyl groups excluding tert-OH is 1. The number of anilines is 1. The van der Waals surface area contributed by atoms with E-state index >= 15 is 0 Å². The summed E-state index contributed by atoms with van der Waals surface area (Å²) in [5.74, 6) is 0.447. The molecule has 0 aliphatic rings. The first kappa shape index (κ1) is 17.7. The lowest BCUT2D eigenvalue weighted by Crippen LogP contribution is -2.01. The maximum absolute atomic E-state index is 9.48. The van der Waals surface area contributed by atoms with Gasteiger partial charge in [-0.15, -0.1) is 0 Å². The predicted molar refractivity (Wildman–Crippen MR) is 101 cm³/mol. The molecule has 5 nitrogen and oxygen atoms in total. The minimum absolute atomic E-state index is 0.0832. The molecule has 128 valence electrons.